The van der Waals surface area contributed by atoms with Crippen molar-refractivity contribution in [2.24, 2.45) is 0 Å². The molecule has 5 nitrogen and oxygen atoms in total. The van der Waals surface area contributed by atoms with Gasteiger partial charge < -0.3 is 10.1 Å². The Morgan fingerprint density at radius 3 is 2.40 bits per heavy atom. The highest BCUT2D eigenvalue weighted by Crippen LogP contribution is 2.15. The van der Waals surface area contributed by atoms with E-state index in [4.69, 9.17) is 4.74 Å². The zero-order valence-corrected chi connectivity index (χ0v) is 13.0. The van der Waals surface area contributed by atoms with Crippen LogP contribution >= 0.6 is 0 Å². The highest BCUT2D eigenvalue weighted by molar-refractivity contribution is 7.89. The second-order valence-electron chi connectivity index (χ2n) is 4.42. The molecular weight excluding hydrogens is 276 g/mol. The first kappa shape index (κ1) is 16.9. The Kier molecular flexibility index (Phi) is 7.58. The van der Waals surface area contributed by atoms with Gasteiger partial charge in [0, 0.05) is 6.54 Å². The van der Waals surface area contributed by atoms with Gasteiger partial charge in [-0.3, -0.25) is 0 Å². The Balaban J connectivity index is 2.39. The largest absolute Gasteiger partial charge is 0.494 e. The number of hydrogen-bond donors (Lipinski definition) is 2. The molecule has 0 aliphatic heterocycles. The van der Waals surface area contributed by atoms with E-state index in [1.54, 1.807) is 31.2 Å². The van der Waals surface area contributed by atoms with Crippen molar-refractivity contribution in [3.8, 4) is 5.75 Å². The zero-order valence-electron chi connectivity index (χ0n) is 12.2. The fourth-order valence-electron chi connectivity index (χ4n) is 1.68. The van der Waals surface area contributed by atoms with Crippen LogP contribution in [0.3, 0.4) is 0 Å². The fraction of sp³-hybridized carbons (Fsp3) is 0.571. The number of nitrogens with one attached hydrogen (secondary N) is 2. The van der Waals surface area contributed by atoms with Crippen molar-refractivity contribution in [1.29, 1.82) is 0 Å². The summed E-state index contributed by atoms with van der Waals surface area (Å²) in [4.78, 5) is 0.260. The molecule has 2 N–H and O–H groups in total. The normalized spacial score (nSPS) is 11.5. The molecule has 114 valence electrons. The van der Waals surface area contributed by atoms with Crippen LogP contribution in [-0.4, -0.2) is 34.7 Å². The number of sulfonamides is 1. The average molecular weight is 300 g/mol. The molecule has 1 rings (SSSR count). The molecule has 0 heterocycles. The van der Waals surface area contributed by atoms with E-state index < -0.39 is 10.0 Å². The quantitative estimate of drug-likeness (QED) is 0.646. The van der Waals surface area contributed by atoms with Crippen molar-refractivity contribution in [2.45, 2.75) is 31.6 Å². The maximum Gasteiger partial charge on any atom is 0.240 e. The van der Waals surface area contributed by atoms with Crippen LogP contribution in [0.15, 0.2) is 29.2 Å². The minimum atomic E-state index is -3.38. The molecule has 6 heteroatoms. The SMILES string of the molecule is CCCNCCCOc1ccc(S(=O)(=O)NCC)cc1. The highest BCUT2D eigenvalue weighted by atomic mass is 32.2. The Labute approximate surface area is 121 Å². The Morgan fingerprint density at radius 2 is 1.80 bits per heavy atom. The van der Waals surface area contributed by atoms with Crippen molar-refractivity contribution in [3.05, 3.63) is 24.3 Å². The number of ether oxygens (including phenoxy) is 1. The first-order valence-electron chi connectivity index (χ1n) is 7.03. The second-order valence-corrected chi connectivity index (χ2v) is 6.19. The summed E-state index contributed by atoms with van der Waals surface area (Å²) in [6, 6.07) is 6.48. The molecule has 0 spiro atoms. The zero-order chi connectivity index (χ0) is 14.8. The highest BCUT2D eigenvalue weighted by Gasteiger charge is 2.11. The lowest BCUT2D eigenvalue weighted by Gasteiger charge is -2.08. The van der Waals surface area contributed by atoms with Gasteiger partial charge in [-0.25, -0.2) is 13.1 Å². The van der Waals surface area contributed by atoms with E-state index in [0.29, 0.717) is 18.9 Å². The third kappa shape index (κ3) is 5.90. The van der Waals surface area contributed by atoms with Crippen LogP contribution in [0, 0.1) is 0 Å². The summed E-state index contributed by atoms with van der Waals surface area (Å²) in [5, 5.41) is 3.30. The number of benzene rings is 1. The van der Waals surface area contributed by atoms with Gasteiger partial charge in [0.25, 0.3) is 0 Å². The van der Waals surface area contributed by atoms with Crippen molar-refractivity contribution in [2.75, 3.05) is 26.2 Å². The van der Waals surface area contributed by atoms with Gasteiger partial charge in [-0.2, -0.15) is 0 Å². The van der Waals surface area contributed by atoms with Crippen molar-refractivity contribution in [1.82, 2.24) is 10.0 Å². The molecule has 0 saturated heterocycles. The topological polar surface area (TPSA) is 67.4 Å². The summed E-state index contributed by atoms with van der Waals surface area (Å²) in [5.41, 5.74) is 0. The van der Waals surface area contributed by atoms with Gasteiger partial charge in [0.2, 0.25) is 10.0 Å². The van der Waals surface area contributed by atoms with Gasteiger partial charge in [0.1, 0.15) is 5.75 Å². The molecule has 0 bridgehead atoms. The summed E-state index contributed by atoms with van der Waals surface area (Å²) >= 11 is 0. The van der Waals surface area contributed by atoms with Gasteiger partial charge in [-0.15, -0.1) is 0 Å². The smallest absolute Gasteiger partial charge is 0.240 e. The van der Waals surface area contributed by atoms with E-state index in [9.17, 15) is 8.42 Å². The summed E-state index contributed by atoms with van der Waals surface area (Å²) in [5.74, 6) is 0.691. The fourth-order valence-corrected chi connectivity index (χ4v) is 2.72. The summed E-state index contributed by atoms with van der Waals surface area (Å²) in [7, 11) is -3.38. The predicted molar refractivity (Wildman–Crippen MR) is 80.6 cm³/mol. The molecule has 0 saturated carbocycles. The van der Waals surface area contributed by atoms with E-state index in [2.05, 4.69) is 17.0 Å². The van der Waals surface area contributed by atoms with Crippen LogP contribution in [0.2, 0.25) is 0 Å². The minimum Gasteiger partial charge on any atom is -0.494 e. The van der Waals surface area contributed by atoms with Crippen LogP contribution in [0.5, 0.6) is 5.75 Å². The van der Waals surface area contributed by atoms with Crippen LogP contribution < -0.4 is 14.8 Å². The molecule has 0 amide bonds. The van der Waals surface area contributed by atoms with E-state index >= 15 is 0 Å². The molecule has 0 aromatic heterocycles. The predicted octanol–water partition coefficient (Wildman–Crippen LogP) is 1.75. The number of rotatable bonds is 10. The lowest BCUT2D eigenvalue weighted by atomic mass is 10.3. The van der Waals surface area contributed by atoms with E-state index in [-0.39, 0.29) is 4.90 Å². The van der Waals surface area contributed by atoms with Crippen LogP contribution in [0.25, 0.3) is 0 Å². The lowest BCUT2D eigenvalue weighted by Crippen LogP contribution is -2.23. The molecule has 0 radical (unpaired) electrons. The maximum absolute atomic E-state index is 11.7. The van der Waals surface area contributed by atoms with E-state index in [1.165, 1.54) is 0 Å². The molecule has 1 aromatic rings. The third-order valence-electron chi connectivity index (χ3n) is 2.66. The summed E-state index contributed by atoms with van der Waals surface area (Å²) in [6.45, 7) is 6.84. The van der Waals surface area contributed by atoms with Crippen LogP contribution in [-0.2, 0) is 10.0 Å². The van der Waals surface area contributed by atoms with Crippen molar-refractivity contribution in [3.63, 3.8) is 0 Å². The van der Waals surface area contributed by atoms with Gasteiger partial charge in [0.15, 0.2) is 0 Å². The third-order valence-corrected chi connectivity index (χ3v) is 4.22. The van der Waals surface area contributed by atoms with Gasteiger partial charge in [0.05, 0.1) is 11.5 Å². The Hall–Kier alpha value is -1.11. The average Bonchev–Trinajstić information content (AvgIpc) is 2.43. The maximum atomic E-state index is 11.7. The Morgan fingerprint density at radius 1 is 1.10 bits per heavy atom. The monoisotopic (exact) mass is 300 g/mol. The van der Waals surface area contributed by atoms with Gasteiger partial charge in [-0.1, -0.05) is 13.8 Å². The molecule has 0 unspecified atom stereocenters. The molecule has 20 heavy (non-hydrogen) atoms. The minimum absolute atomic E-state index is 0.260. The lowest BCUT2D eigenvalue weighted by molar-refractivity contribution is 0.308. The van der Waals surface area contributed by atoms with Crippen molar-refractivity contribution >= 4 is 10.0 Å². The molecule has 0 aliphatic carbocycles. The summed E-state index contributed by atoms with van der Waals surface area (Å²) in [6.07, 6.45) is 2.06. The van der Waals surface area contributed by atoms with E-state index in [1.807, 2.05) is 0 Å². The molecular formula is C14H24N2O3S. The summed E-state index contributed by atoms with van der Waals surface area (Å²) < 4.78 is 31.5. The molecule has 1 aromatic carbocycles. The van der Waals surface area contributed by atoms with Gasteiger partial charge >= 0.3 is 0 Å². The second kappa shape index (κ2) is 8.94. The Bertz CT molecular complexity index is 472. The molecule has 0 aliphatic rings. The van der Waals surface area contributed by atoms with E-state index in [0.717, 1.165) is 25.9 Å². The first-order chi connectivity index (χ1) is 9.60. The number of hydrogen-bond acceptors (Lipinski definition) is 4. The molecule has 0 atom stereocenters. The van der Waals surface area contributed by atoms with Crippen molar-refractivity contribution < 1.29 is 13.2 Å². The first-order valence-corrected chi connectivity index (χ1v) is 8.51. The van der Waals surface area contributed by atoms with Gasteiger partial charge in [-0.05, 0) is 50.2 Å². The standard InChI is InChI=1S/C14H24N2O3S/c1-3-10-15-11-5-12-19-13-6-8-14(9-7-13)20(17,18)16-4-2/h6-9,15-16H,3-5,10-12H2,1-2H3. The van der Waals surface area contributed by atoms with Crippen LogP contribution in [0.1, 0.15) is 26.7 Å². The molecule has 0 fully saturated rings. The van der Waals surface area contributed by atoms with Crippen LogP contribution in [0.4, 0.5) is 0 Å².